The van der Waals surface area contributed by atoms with E-state index in [2.05, 4.69) is 18.9 Å². The quantitative estimate of drug-likeness (QED) is 0.480. The summed E-state index contributed by atoms with van der Waals surface area (Å²) in [6, 6.07) is 0. The Morgan fingerprint density at radius 1 is 1.40 bits per heavy atom. The zero-order valence-corrected chi connectivity index (χ0v) is 10.4. The summed E-state index contributed by atoms with van der Waals surface area (Å²) in [6.07, 6.45) is 5.09. The van der Waals surface area contributed by atoms with Crippen molar-refractivity contribution >= 4 is 5.97 Å². The molecule has 0 N–H and O–H groups in total. The van der Waals surface area contributed by atoms with Gasteiger partial charge in [-0.2, -0.15) is 0 Å². The van der Waals surface area contributed by atoms with Gasteiger partial charge in [-0.15, -0.1) is 0 Å². The Kier molecular flexibility index (Phi) is 8.01. The van der Waals surface area contributed by atoms with Crippen molar-refractivity contribution in [3.8, 4) is 0 Å². The van der Waals surface area contributed by atoms with Crippen LogP contribution in [0.5, 0.6) is 0 Å². The van der Waals surface area contributed by atoms with E-state index < -0.39 is 0 Å². The summed E-state index contributed by atoms with van der Waals surface area (Å²) in [5.74, 6) is -0.207. The maximum Gasteiger partial charge on any atom is 0.333 e. The van der Waals surface area contributed by atoms with E-state index in [9.17, 15) is 4.79 Å². The summed E-state index contributed by atoms with van der Waals surface area (Å²) < 4.78 is 4.69. The number of hydrogen-bond acceptors (Lipinski definition) is 3. The van der Waals surface area contributed by atoms with Crippen molar-refractivity contribution in [2.24, 2.45) is 0 Å². The first-order chi connectivity index (χ1) is 7.15. The molecule has 0 radical (unpaired) electrons. The third kappa shape index (κ3) is 6.28. The maximum absolute atomic E-state index is 11.3. The van der Waals surface area contributed by atoms with Gasteiger partial charge in [0.1, 0.15) is 0 Å². The zero-order valence-electron chi connectivity index (χ0n) is 10.4. The molecule has 0 aromatic rings. The molecule has 0 amide bonds. The van der Waals surface area contributed by atoms with Crippen LogP contribution < -0.4 is 0 Å². The smallest absolute Gasteiger partial charge is 0.333 e. The van der Waals surface area contributed by atoms with E-state index in [0.717, 1.165) is 25.1 Å². The highest BCUT2D eigenvalue weighted by Gasteiger charge is 2.06. The Bertz CT molecular complexity index is 212. The molecular formula is C12H23NO2. The highest BCUT2D eigenvalue weighted by Crippen LogP contribution is 2.03. The van der Waals surface area contributed by atoms with Crippen LogP contribution in [0.1, 0.15) is 33.1 Å². The van der Waals surface area contributed by atoms with Gasteiger partial charge < -0.3 is 9.64 Å². The Morgan fingerprint density at radius 2 is 2.07 bits per heavy atom. The summed E-state index contributed by atoms with van der Waals surface area (Å²) in [5, 5.41) is 0. The van der Waals surface area contributed by atoms with E-state index >= 15 is 0 Å². The van der Waals surface area contributed by atoms with E-state index in [4.69, 9.17) is 4.74 Å². The summed E-state index contributed by atoms with van der Waals surface area (Å²) in [4.78, 5) is 13.5. The van der Waals surface area contributed by atoms with Crippen LogP contribution in [0, 0.1) is 0 Å². The lowest BCUT2D eigenvalue weighted by Gasteiger charge is -2.14. The average molecular weight is 213 g/mol. The van der Waals surface area contributed by atoms with Gasteiger partial charge in [-0.3, -0.25) is 0 Å². The molecule has 0 heterocycles. The van der Waals surface area contributed by atoms with Crippen LogP contribution in [0.3, 0.4) is 0 Å². The fourth-order valence-electron chi connectivity index (χ4n) is 1.29. The van der Waals surface area contributed by atoms with Crippen molar-refractivity contribution in [1.29, 1.82) is 0 Å². The van der Waals surface area contributed by atoms with Crippen molar-refractivity contribution in [2.75, 3.05) is 27.2 Å². The van der Waals surface area contributed by atoms with Crippen molar-refractivity contribution in [3.05, 3.63) is 11.6 Å². The molecule has 0 aliphatic rings. The van der Waals surface area contributed by atoms with Crippen molar-refractivity contribution < 1.29 is 9.53 Å². The SMILES string of the molecule is CCCCN(C)CC=C(CC)C(=O)OC. The van der Waals surface area contributed by atoms with Gasteiger partial charge in [-0.25, -0.2) is 4.79 Å². The van der Waals surface area contributed by atoms with E-state index in [0.29, 0.717) is 0 Å². The van der Waals surface area contributed by atoms with Crippen molar-refractivity contribution in [1.82, 2.24) is 4.90 Å². The van der Waals surface area contributed by atoms with Gasteiger partial charge in [-0.1, -0.05) is 26.3 Å². The van der Waals surface area contributed by atoms with Crippen LogP contribution >= 0.6 is 0 Å². The molecule has 0 unspecified atom stereocenters. The molecule has 0 aliphatic heterocycles. The Morgan fingerprint density at radius 3 is 2.53 bits per heavy atom. The van der Waals surface area contributed by atoms with Crippen molar-refractivity contribution in [2.45, 2.75) is 33.1 Å². The number of likely N-dealkylation sites (N-methyl/N-ethyl adjacent to an activating group) is 1. The molecule has 0 saturated carbocycles. The monoisotopic (exact) mass is 213 g/mol. The molecule has 0 fully saturated rings. The molecule has 0 aliphatic carbocycles. The lowest BCUT2D eigenvalue weighted by molar-refractivity contribution is -0.136. The fourth-order valence-corrected chi connectivity index (χ4v) is 1.29. The Hall–Kier alpha value is -0.830. The summed E-state index contributed by atoms with van der Waals surface area (Å²) in [6.45, 7) is 6.04. The molecule has 0 aromatic heterocycles. The number of carbonyl (C=O) groups is 1. The van der Waals surface area contributed by atoms with E-state index in [-0.39, 0.29) is 5.97 Å². The van der Waals surface area contributed by atoms with Gasteiger partial charge in [-0.05, 0) is 26.4 Å². The Balaban J connectivity index is 4.04. The van der Waals surface area contributed by atoms with E-state index in [1.54, 1.807) is 0 Å². The third-order valence-electron chi connectivity index (χ3n) is 2.37. The molecule has 15 heavy (non-hydrogen) atoms. The van der Waals surface area contributed by atoms with Crippen LogP contribution in [0.4, 0.5) is 0 Å². The molecule has 0 rings (SSSR count). The third-order valence-corrected chi connectivity index (χ3v) is 2.37. The normalized spacial score (nSPS) is 11.9. The number of esters is 1. The van der Waals surface area contributed by atoms with Crippen molar-refractivity contribution in [3.63, 3.8) is 0 Å². The first-order valence-electron chi connectivity index (χ1n) is 5.61. The van der Waals surface area contributed by atoms with Crippen LogP contribution in [0.25, 0.3) is 0 Å². The number of ether oxygens (including phenoxy) is 1. The first-order valence-corrected chi connectivity index (χ1v) is 5.61. The predicted octanol–water partition coefficient (Wildman–Crippen LogP) is 2.23. The summed E-state index contributed by atoms with van der Waals surface area (Å²) in [7, 11) is 3.49. The van der Waals surface area contributed by atoms with Gasteiger partial charge in [0.2, 0.25) is 0 Å². The zero-order chi connectivity index (χ0) is 11.7. The minimum absolute atomic E-state index is 0.207. The van der Waals surface area contributed by atoms with Gasteiger partial charge in [0.15, 0.2) is 0 Å². The van der Waals surface area contributed by atoms with Crippen LogP contribution in [-0.4, -0.2) is 38.1 Å². The summed E-state index contributed by atoms with van der Waals surface area (Å²) in [5.41, 5.74) is 0.765. The molecule has 0 saturated heterocycles. The highest BCUT2D eigenvalue weighted by molar-refractivity contribution is 5.88. The van der Waals surface area contributed by atoms with E-state index in [1.165, 1.54) is 20.0 Å². The summed E-state index contributed by atoms with van der Waals surface area (Å²) >= 11 is 0. The molecule has 3 nitrogen and oxygen atoms in total. The van der Waals surface area contributed by atoms with Gasteiger partial charge >= 0.3 is 5.97 Å². The number of rotatable bonds is 7. The molecule has 0 aromatic carbocycles. The lowest BCUT2D eigenvalue weighted by Crippen LogP contribution is -2.20. The molecule has 3 heteroatoms. The van der Waals surface area contributed by atoms with Gasteiger partial charge in [0.05, 0.1) is 7.11 Å². The van der Waals surface area contributed by atoms with Crippen LogP contribution in [-0.2, 0) is 9.53 Å². The second kappa shape index (κ2) is 8.48. The van der Waals surface area contributed by atoms with E-state index in [1.807, 2.05) is 13.0 Å². The largest absolute Gasteiger partial charge is 0.466 e. The predicted molar refractivity (Wildman–Crippen MR) is 62.8 cm³/mol. The number of carbonyl (C=O) groups excluding carboxylic acids is 1. The standard InChI is InChI=1S/C12H23NO2/c1-5-7-9-13(3)10-8-11(6-2)12(14)15-4/h8H,5-7,9-10H2,1-4H3. The number of hydrogen-bond donors (Lipinski definition) is 0. The highest BCUT2D eigenvalue weighted by atomic mass is 16.5. The molecule has 0 spiro atoms. The molecule has 0 atom stereocenters. The molecule has 88 valence electrons. The minimum Gasteiger partial charge on any atom is -0.466 e. The fraction of sp³-hybridized carbons (Fsp3) is 0.750. The average Bonchev–Trinajstić information content (AvgIpc) is 2.26. The number of unbranched alkanes of at least 4 members (excludes halogenated alkanes) is 1. The van der Waals surface area contributed by atoms with Gasteiger partial charge in [0.25, 0.3) is 0 Å². The lowest BCUT2D eigenvalue weighted by atomic mass is 10.2. The maximum atomic E-state index is 11.3. The second-order valence-electron chi connectivity index (χ2n) is 3.69. The molecular weight excluding hydrogens is 190 g/mol. The molecule has 0 bridgehead atoms. The minimum atomic E-state index is -0.207. The van der Waals surface area contributed by atoms with Gasteiger partial charge in [0, 0.05) is 12.1 Å². The Labute approximate surface area is 93.1 Å². The second-order valence-corrected chi connectivity index (χ2v) is 3.69. The topological polar surface area (TPSA) is 29.5 Å². The van der Waals surface area contributed by atoms with Crippen LogP contribution in [0.15, 0.2) is 11.6 Å². The number of nitrogens with zero attached hydrogens (tertiary/aromatic N) is 1. The number of methoxy groups -OCH3 is 1. The first kappa shape index (κ1) is 14.2. The van der Waals surface area contributed by atoms with Crippen LogP contribution in [0.2, 0.25) is 0 Å².